The fourth-order valence-corrected chi connectivity index (χ4v) is 3.34. The molecule has 0 fully saturated rings. The van der Waals surface area contributed by atoms with Crippen molar-refractivity contribution in [1.29, 1.82) is 0 Å². The first-order valence-corrected chi connectivity index (χ1v) is 11.5. The van der Waals surface area contributed by atoms with Crippen LogP contribution in [0.3, 0.4) is 0 Å². The van der Waals surface area contributed by atoms with Crippen LogP contribution in [-0.4, -0.2) is 30.1 Å². The van der Waals surface area contributed by atoms with E-state index < -0.39 is 8.07 Å². The third-order valence-corrected chi connectivity index (χ3v) is 4.90. The van der Waals surface area contributed by atoms with Gasteiger partial charge in [0.05, 0.1) is 16.8 Å². The van der Waals surface area contributed by atoms with Crippen molar-refractivity contribution in [3.63, 3.8) is 0 Å². The number of nitrogens with two attached hydrogens (primary N) is 1. The molecule has 1 amide bonds. The number of nitrogen functional groups attached to an aromatic ring is 1. The number of hydrogen-bond acceptors (Lipinski definition) is 3. The van der Waals surface area contributed by atoms with E-state index in [1.165, 1.54) is 0 Å². The number of pyridine rings is 1. The fraction of sp³-hybridized carbons (Fsp3) is 0.333. The van der Waals surface area contributed by atoms with Crippen molar-refractivity contribution in [2.75, 3.05) is 12.3 Å². The van der Waals surface area contributed by atoms with Gasteiger partial charge in [0.25, 0.3) is 5.91 Å². The van der Waals surface area contributed by atoms with Gasteiger partial charge in [0.1, 0.15) is 13.9 Å². The van der Waals surface area contributed by atoms with Crippen molar-refractivity contribution in [3.05, 3.63) is 35.2 Å². The molecule has 0 radical (unpaired) electrons. The predicted molar refractivity (Wildman–Crippen MR) is 99.3 cm³/mol. The van der Waals surface area contributed by atoms with E-state index in [-0.39, 0.29) is 5.91 Å². The van der Waals surface area contributed by atoms with Gasteiger partial charge >= 0.3 is 0 Å². The number of anilines is 1. The second-order valence-corrected chi connectivity index (χ2v) is 11.9. The van der Waals surface area contributed by atoms with Gasteiger partial charge in [-0.25, -0.2) is 4.98 Å². The van der Waals surface area contributed by atoms with Crippen LogP contribution in [0.15, 0.2) is 18.3 Å². The van der Waals surface area contributed by atoms with Crippen molar-refractivity contribution in [3.8, 4) is 22.7 Å². The number of nitrogens with zero attached hydrogens (tertiary/aromatic N) is 2. The number of fused-ring (bicyclic) bond motifs is 1. The predicted octanol–water partition coefficient (Wildman–Crippen LogP) is 2.18. The largest absolute Gasteiger partial charge is 0.384 e. The lowest BCUT2D eigenvalue weighted by atomic mass is 10.1. The normalized spacial score (nSPS) is 13.8. The van der Waals surface area contributed by atoms with E-state index in [9.17, 15) is 4.79 Å². The quantitative estimate of drug-likeness (QED) is 0.618. The summed E-state index contributed by atoms with van der Waals surface area (Å²) in [6.07, 6.45) is 2.55. The summed E-state index contributed by atoms with van der Waals surface area (Å²) >= 11 is 0. The average molecular weight is 338 g/mol. The topological polar surface area (TPSA) is 72.9 Å². The van der Waals surface area contributed by atoms with Gasteiger partial charge in [-0.3, -0.25) is 4.79 Å². The van der Waals surface area contributed by atoms with E-state index in [2.05, 4.69) is 46.0 Å². The highest BCUT2D eigenvalue weighted by Crippen LogP contribution is 2.30. The van der Waals surface area contributed by atoms with E-state index >= 15 is 0 Å². The second-order valence-electron chi connectivity index (χ2n) is 7.11. The molecule has 1 aliphatic heterocycles. The van der Waals surface area contributed by atoms with Crippen LogP contribution in [0, 0.1) is 11.5 Å². The number of carbonyl (C=O) groups is 1. The number of aromatic nitrogens is 2. The molecule has 0 bridgehead atoms. The molecule has 0 saturated carbocycles. The highest BCUT2D eigenvalue weighted by atomic mass is 28.3. The van der Waals surface area contributed by atoms with Crippen molar-refractivity contribution < 1.29 is 4.79 Å². The standard InChI is InChI=1S/C18H22N4OSi/c1-22-15-5-7-20-18(23)14(15)9-16(22)13-10-17(19)21-11-12(13)6-8-24(2,3)4/h9-11H,5,7H2,1-4H3,(H2,19,21)(H,20,23). The van der Waals surface area contributed by atoms with Gasteiger partial charge in [-0.05, 0) is 12.1 Å². The summed E-state index contributed by atoms with van der Waals surface area (Å²) in [7, 11) is 0.483. The molecule has 24 heavy (non-hydrogen) atoms. The maximum absolute atomic E-state index is 12.1. The molecule has 0 atom stereocenters. The van der Waals surface area contributed by atoms with Crippen LogP contribution < -0.4 is 11.1 Å². The molecule has 0 saturated heterocycles. The van der Waals surface area contributed by atoms with Crippen LogP contribution in [0.25, 0.3) is 11.3 Å². The summed E-state index contributed by atoms with van der Waals surface area (Å²) in [5.41, 5.74) is 13.8. The smallest absolute Gasteiger partial charge is 0.253 e. The van der Waals surface area contributed by atoms with E-state index in [1.807, 2.05) is 19.2 Å². The van der Waals surface area contributed by atoms with Crippen LogP contribution in [0.2, 0.25) is 19.6 Å². The maximum Gasteiger partial charge on any atom is 0.253 e. The number of amides is 1. The van der Waals surface area contributed by atoms with Gasteiger partial charge in [-0.1, -0.05) is 25.6 Å². The third-order valence-electron chi connectivity index (χ3n) is 4.02. The van der Waals surface area contributed by atoms with E-state index in [4.69, 9.17) is 5.73 Å². The van der Waals surface area contributed by atoms with E-state index in [0.717, 1.165) is 34.5 Å². The van der Waals surface area contributed by atoms with Crippen LogP contribution in [0.5, 0.6) is 0 Å². The molecule has 3 N–H and O–H groups in total. The van der Waals surface area contributed by atoms with E-state index in [0.29, 0.717) is 12.4 Å². The highest BCUT2D eigenvalue weighted by molar-refractivity contribution is 6.83. The summed E-state index contributed by atoms with van der Waals surface area (Å²) in [4.78, 5) is 16.3. The SMILES string of the molecule is Cn1c(-c2cc(N)ncc2C#C[Si](C)(C)C)cc2c1CCNC2=O. The van der Waals surface area contributed by atoms with Gasteiger partial charge in [-0.15, -0.1) is 5.54 Å². The zero-order valence-electron chi connectivity index (χ0n) is 14.5. The van der Waals surface area contributed by atoms with Crippen LogP contribution in [-0.2, 0) is 13.5 Å². The first kappa shape index (κ1) is 16.3. The van der Waals surface area contributed by atoms with Gasteiger partial charge < -0.3 is 15.6 Å². The van der Waals surface area contributed by atoms with Gasteiger partial charge in [0.15, 0.2) is 0 Å². The Kier molecular flexibility index (Phi) is 3.97. The first-order valence-electron chi connectivity index (χ1n) is 8.02. The molecule has 0 aliphatic carbocycles. The molecule has 0 aromatic carbocycles. The van der Waals surface area contributed by atoms with Gasteiger partial charge in [-0.2, -0.15) is 0 Å². The average Bonchev–Trinajstić information content (AvgIpc) is 2.84. The Bertz CT molecular complexity index is 881. The second kappa shape index (κ2) is 5.84. The molecule has 3 rings (SSSR count). The summed E-state index contributed by atoms with van der Waals surface area (Å²) in [6, 6.07) is 3.77. The summed E-state index contributed by atoms with van der Waals surface area (Å²) in [6.45, 7) is 7.28. The Hall–Kier alpha value is -2.52. The minimum Gasteiger partial charge on any atom is -0.384 e. The van der Waals surface area contributed by atoms with Crippen LogP contribution in [0.4, 0.5) is 5.82 Å². The lowest BCUT2D eigenvalue weighted by Gasteiger charge is -2.15. The molecule has 0 unspecified atom stereocenters. The van der Waals surface area contributed by atoms with Gasteiger partial charge in [0, 0.05) is 37.5 Å². The molecule has 2 aromatic heterocycles. The summed E-state index contributed by atoms with van der Waals surface area (Å²) < 4.78 is 2.07. The minimum absolute atomic E-state index is 0.0186. The van der Waals surface area contributed by atoms with Crippen molar-refractivity contribution in [1.82, 2.24) is 14.9 Å². The van der Waals surface area contributed by atoms with E-state index in [1.54, 1.807) is 6.20 Å². The van der Waals surface area contributed by atoms with Crippen molar-refractivity contribution in [2.24, 2.45) is 7.05 Å². The van der Waals surface area contributed by atoms with Crippen molar-refractivity contribution in [2.45, 2.75) is 26.1 Å². The van der Waals surface area contributed by atoms with Crippen LogP contribution in [0.1, 0.15) is 21.6 Å². The molecule has 2 aromatic rings. The Morgan fingerprint density at radius 2 is 2.04 bits per heavy atom. The highest BCUT2D eigenvalue weighted by Gasteiger charge is 2.23. The number of carbonyl (C=O) groups excluding carboxylic acids is 1. The summed E-state index contributed by atoms with van der Waals surface area (Å²) in [5.74, 6) is 3.71. The molecule has 0 spiro atoms. The monoisotopic (exact) mass is 338 g/mol. The molecular weight excluding hydrogens is 316 g/mol. The Balaban J connectivity index is 2.18. The van der Waals surface area contributed by atoms with Gasteiger partial charge in [0.2, 0.25) is 0 Å². The molecule has 5 nitrogen and oxygen atoms in total. The number of rotatable bonds is 1. The maximum atomic E-state index is 12.1. The van der Waals surface area contributed by atoms with Crippen molar-refractivity contribution >= 4 is 19.8 Å². The zero-order valence-corrected chi connectivity index (χ0v) is 15.5. The minimum atomic E-state index is -1.50. The molecule has 1 aliphatic rings. The van der Waals surface area contributed by atoms with Crippen LogP contribution >= 0.6 is 0 Å². The Morgan fingerprint density at radius 1 is 1.29 bits per heavy atom. The molecule has 124 valence electrons. The first-order chi connectivity index (χ1) is 11.3. The lowest BCUT2D eigenvalue weighted by Crippen LogP contribution is -2.31. The fourth-order valence-electron chi connectivity index (χ4n) is 2.83. The Labute approximate surface area is 143 Å². The third kappa shape index (κ3) is 3.08. The zero-order chi connectivity index (χ0) is 17.5. The Morgan fingerprint density at radius 3 is 2.71 bits per heavy atom. The molecule has 6 heteroatoms. The molecule has 3 heterocycles. The summed E-state index contributed by atoms with van der Waals surface area (Å²) in [5, 5.41) is 2.89. The lowest BCUT2D eigenvalue weighted by molar-refractivity contribution is 0.0945. The number of hydrogen-bond donors (Lipinski definition) is 2. The number of nitrogens with one attached hydrogen (secondary N) is 1. The molecular formula is C18H22N4OSi.